The number of carboxylic acids is 4. The summed E-state index contributed by atoms with van der Waals surface area (Å²) in [4.78, 5) is 94.7. The summed E-state index contributed by atoms with van der Waals surface area (Å²) in [5, 5.41) is 47.1. The van der Waals surface area contributed by atoms with Crippen molar-refractivity contribution in [1.82, 2.24) is 30.6 Å². The smallest absolute Gasteiger partial charge is 0.329 e. The zero-order valence-electron chi connectivity index (χ0n) is 33.0. The first-order valence-corrected chi connectivity index (χ1v) is 18.2. The maximum absolute atomic E-state index is 12.5. The van der Waals surface area contributed by atoms with Gasteiger partial charge in [-0.05, 0) is 68.7 Å². The number of hydrogen-bond acceptors (Lipinski definition) is 14. The van der Waals surface area contributed by atoms with Gasteiger partial charge in [0.05, 0.1) is 11.9 Å². The number of rotatable bonds is 21. The van der Waals surface area contributed by atoms with E-state index in [0.29, 0.717) is 23.8 Å². The van der Waals surface area contributed by atoms with Crippen LogP contribution in [0.3, 0.4) is 0 Å². The van der Waals surface area contributed by atoms with Crippen LogP contribution in [0.4, 0.5) is 14.6 Å². The number of hydrogen-bond donors (Lipinski definition) is 11. The number of anilines is 1. The van der Waals surface area contributed by atoms with Crippen LogP contribution in [0, 0.1) is 5.41 Å². The number of Topliss-reactive ketones (excluding diaryl/α,β-unsaturated/α-hetero) is 1. The number of halogens is 2. The second kappa shape index (κ2) is 25.4. The molecule has 3 aromatic rings. The molecule has 1 aromatic carbocycles. The van der Waals surface area contributed by atoms with E-state index in [4.69, 9.17) is 43.5 Å². The lowest BCUT2D eigenvalue weighted by Crippen LogP contribution is -2.54. The number of benzene rings is 1. The lowest BCUT2D eigenvalue weighted by molar-refractivity contribution is -0.150. The monoisotopic (exact) mass is 862 g/mol. The van der Waals surface area contributed by atoms with Crippen LogP contribution in [-0.4, -0.2) is 123 Å². The molecule has 332 valence electrons. The van der Waals surface area contributed by atoms with Gasteiger partial charge in [0.2, 0.25) is 17.3 Å². The van der Waals surface area contributed by atoms with Crippen molar-refractivity contribution < 1.29 is 67.6 Å². The average molecular weight is 863 g/mol. The zero-order chi connectivity index (χ0) is 46.4. The Morgan fingerprint density at radius 2 is 1.57 bits per heavy atom. The van der Waals surface area contributed by atoms with Crippen LogP contribution in [0.2, 0.25) is 0 Å². The maximum atomic E-state index is 12.5. The molecule has 2 aromatic heterocycles. The summed E-state index contributed by atoms with van der Waals surface area (Å²) in [6, 6.07) is 4.40. The molecule has 0 spiro atoms. The van der Waals surface area contributed by atoms with Gasteiger partial charge in [-0.25, -0.2) is 33.1 Å². The number of ketones is 1. The summed E-state index contributed by atoms with van der Waals surface area (Å²) in [5.41, 5.74) is 24.0. The highest BCUT2D eigenvalue weighted by Gasteiger charge is 2.43. The van der Waals surface area contributed by atoms with Crippen molar-refractivity contribution in [1.29, 1.82) is 5.41 Å². The fourth-order valence-corrected chi connectivity index (χ4v) is 5.15. The molecule has 0 radical (unpaired) electrons. The van der Waals surface area contributed by atoms with E-state index >= 15 is 0 Å². The third-order valence-electron chi connectivity index (χ3n) is 8.51. The van der Waals surface area contributed by atoms with E-state index in [-0.39, 0.29) is 73.6 Å². The van der Waals surface area contributed by atoms with Gasteiger partial charge in [0.15, 0.2) is 11.2 Å². The molecule has 23 nitrogen and oxygen atoms in total. The number of carboxylic acid groups (broad SMARTS) is 4. The van der Waals surface area contributed by atoms with E-state index in [1.165, 1.54) is 6.92 Å². The Hall–Kier alpha value is -7.11. The van der Waals surface area contributed by atoms with Crippen molar-refractivity contribution in [3.8, 4) is 0 Å². The molecule has 61 heavy (non-hydrogen) atoms. The molecule has 0 fully saturated rings. The quantitative estimate of drug-likeness (QED) is 0.0387. The predicted molar refractivity (Wildman–Crippen MR) is 209 cm³/mol. The van der Waals surface area contributed by atoms with Gasteiger partial charge in [-0.15, -0.1) is 0 Å². The second-order valence-corrected chi connectivity index (χ2v) is 13.1. The Kier molecular flexibility index (Phi) is 21.6. The van der Waals surface area contributed by atoms with Gasteiger partial charge in [0, 0.05) is 25.3 Å². The summed E-state index contributed by atoms with van der Waals surface area (Å²) in [5.74, 6) is -6.61. The maximum Gasteiger partial charge on any atom is 0.329 e. The highest BCUT2D eigenvalue weighted by molar-refractivity contribution is 6.25. The number of carbonyl (C=O) groups excluding carboxylic acids is 3. The number of nitrogen functional groups attached to an aromatic ring is 1. The van der Waals surface area contributed by atoms with Gasteiger partial charge in [-0.2, -0.15) is 9.77 Å². The lowest BCUT2D eigenvalue weighted by atomic mass is 9.91. The van der Waals surface area contributed by atoms with E-state index in [1.807, 2.05) is 6.92 Å². The molecule has 0 saturated heterocycles. The van der Waals surface area contributed by atoms with E-state index in [2.05, 4.69) is 35.4 Å². The average Bonchev–Trinajstić information content (AvgIpc) is 3.19. The molecule has 0 aliphatic rings. The van der Waals surface area contributed by atoms with Crippen molar-refractivity contribution in [3.05, 3.63) is 58.4 Å². The number of nitrogens with two attached hydrogens (primary N) is 3. The Balaban J connectivity index is 0.000000568. The fraction of sp³-hybridized carbons (Fsp3) is 0.444. The first-order chi connectivity index (χ1) is 28.6. The van der Waals surface area contributed by atoms with Gasteiger partial charge in [-0.3, -0.25) is 24.6 Å². The molecule has 2 unspecified atom stereocenters. The van der Waals surface area contributed by atoms with Crippen molar-refractivity contribution in [2.75, 3.05) is 12.3 Å². The second-order valence-electron chi connectivity index (χ2n) is 13.1. The highest BCUT2D eigenvalue weighted by atomic mass is 19.3. The lowest BCUT2D eigenvalue weighted by Gasteiger charge is -2.22. The number of aromatic amines is 1. The van der Waals surface area contributed by atoms with Gasteiger partial charge in [0.25, 0.3) is 12.3 Å². The van der Waals surface area contributed by atoms with E-state index in [9.17, 15) is 47.4 Å². The largest absolute Gasteiger partial charge is 0.481 e. The van der Waals surface area contributed by atoms with Gasteiger partial charge >= 0.3 is 30.1 Å². The molecule has 0 aliphatic heterocycles. The summed E-state index contributed by atoms with van der Waals surface area (Å²) in [6.45, 7) is 3.36. The minimum absolute atomic E-state index is 0.0419. The molecular weight excluding hydrogens is 814 g/mol. The summed E-state index contributed by atoms with van der Waals surface area (Å²) in [6.07, 6.45) is -0.298. The topological polar surface area (TPSA) is 417 Å². The minimum atomic E-state index is -3.07. The van der Waals surface area contributed by atoms with Crippen molar-refractivity contribution in [2.45, 2.75) is 95.2 Å². The van der Waals surface area contributed by atoms with Crippen LogP contribution in [-0.2, 0) is 35.2 Å². The highest BCUT2D eigenvalue weighted by Crippen LogP contribution is 2.25. The molecule has 14 N–H and O–H groups in total. The Labute approximate surface area is 345 Å². The molecule has 2 heterocycles. The van der Waals surface area contributed by atoms with Crippen LogP contribution in [0.25, 0.3) is 16.7 Å². The standard InChI is InChI=1S/C22H25N7O5.C8H11N3O4.C6H12F2N2O2/c1-2-11(9-14-10-25-19-17(26-14)18(23)28-22(24)29-19)12-3-5-13(6-4-12)20(32)27-15(21(33)34)7-8-16(30)31;1-5(12)11-7(8(14)15)3-2-6(13)4-10-9;7-4(8)6(10,5(11)12)2-1-3-9/h3-6,10-11,15H,2,7-9H2,1H3,(H,27,32)(H,30,31)(H,33,34)(H4,23,24,25,28,29);4,7H,2-3H2,1H3,(H,11,12)(H,14,15);4H,1-3,9-10H2,(H,11,12)/t11?,15-;7-;/m00./s1. The van der Waals surface area contributed by atoms with Crippen molar-refractivity contribution in [2.24, 2.45) is 11.5 Å². The number of H-pyrrole nitrogens is 1. The predicted octanol–water partition coefficient (Wildman–Crippen LogP) is 0.197. The van der Waals surface area contributed by atoms with Gasteiger partial charge in [-0.1, -0.05) is 19.1 Å². The number of amides is 2. The normalized spacial score (nSPS) is 13.0. The molecule has 25 heteroatoms. The Morgan fingerprint density at radius 1 is 0.984 bits per heavy atom. The van der Waals surface area contributed by atoms with Crippen LogP contribution in [0.1, 0.15) is 86.3 Å². The number of carbonyl (C=O) groups is 7. The molecule has 0 saturated carbocycles. The molecule has 3 rings (SSSR count). The number of aromatic nitrogens is 4. The number of nitrogens with zero attached hydrogens (tertiary/aromatic N) is 5. The minimum Gasteiger partial charge on any atom is -0.481 e. The molecule has 4 atom stereocenters. The Morgan fingerprint density at radius 3 is 2.07 bits per heavy atom. The van der Waals surface area contributed by atoms with Crippen LogP contribution in [0.5, 0.6) is 0 Å². The SMILES string of the molecule is CC(=O)N[C@@H](CCC(=O)C=[N+]=[N-])C(=O)O.CCC(Cc1cnc2nc(=N)[nH]c(N)c2n1)c1ccc(C(=O)N[C@@H](CCC(=O)O)C(=O)O)cc1.NCCCC(N)(C(=O)O)C(F)F. The van der Waals surface area contributed by atoms with Crippen molar-refractivity contribution >= 4 is 64.7 Å². The van der Waals surface area contributed by atoms with Crippen molar-refractivity contribution in [3.63, 3.8) is 0 Å². The number of fused-ring (bicyclic) bond motifs is 1. The Bertz CT molecular complexity index is 2130. The van der Waals surface area contributed by atoms with Gasteiger partial charge < -0.3 is 58.8 Å². The van der Waals surface area contributed by atoms with E-state index in [0.717, 1.165) is 12.0 Å². The number of aliphatic carboxylic acids is 4. The van der Waals surface area contributed by atoms with Crippen LogP contribution < -0.4 is 33.5 Å². The van der Waals surface area contributed by atoms with E-state index in [1.54, 1.807) is 30.5 Å². The molecule has 0 bridgehead atoms. The van der Waals surface area contributed by atoms with Gasteiger partial charge in [0.1, 0.15) is 23.4 Å². The third-order valence-corrected chi connectivity index (χ3v) is 8.51. The summed E-state index contributed by atoms with van der Waals surface area (Å²) >= 11 is 0. The fourth-order valence-electron chi connectivity index (χ4n) is 5.15. The zero-order valence-corrected chi connectivity index (χ0v) is 33.0. The number of nitrogens with one attached hydrogen (secondary N) is 4. The molecular formula is C36H48F2N12O11. The number of alkyl halides is 2. The van der Waals surface area contributed by atoms with Crippen LogP contribution in [0.15, 0.2) is 30.5 Å². The first-order valence-electron chi connectivity index (χ1n) is 18.2. The summed E-state index contributed by atoms with van der Waals surface area (Å²) in [7, 11) is 0. The first kappa shape index (κ1) is 51.9. The summed E-state index contributed by atoms with van der Waals surface area (Å²) < 4.78 is 24.2. The van der Waals surface area contributed by atoms with E-state index < -0.39 is 65.5 Å². The molecule has 2 amide bonds. The van der Waals surface area contributed by atoms with Crippen LogP contribution >= 0.6 is 0 Å². The molecule has 0 aliphatic carbocycles. The third kappa shape index (κ3) is 17.7.